The summed E-state index contributed by atoms with van der Waals surface area (Å²) in [6.07, 6.45) is 2.52. The molecule has 2 aromatic carbocycles. The van der Waals surface area contributed by atoms with E-state index in [1.807, 2.05) is 0 Å². The van der Waals surface area contributed by atoms with Gasteiger partial charge in [-0.1, -0.05) is 50.3 Å². The Kier molecular flexibility index (Phi) is 9.19. The Hall–Kier alpha value is -3.62. The predicted molar refractivity (Wildman–Crippen MR) is 169 cm³/mol. The normalized spacial score (nSPS) is 16.4. The molecule has 1 saturated heterocycles. The molecule has 5 rings (SSSR count). The number of anilines is 1. The van der Waals surface area contributed by atoms with Gasteiger partial charge < -0.3 is 25.3 Å². The number of amides is 3. The van der Waals surface area contributed by atoms with Gasteiger partial charge in [0.1, 0.15) is 17.9 Å². The zero-order valence-corrected chi connectivity index (χ0v) is 27.3. The molecule has 4 N–H and O–H groups in total. The van der Waals surface area contributed by atoms with Crippen LogP contribution < -0.4 is 10.6 Å². The molecule has 1 aliphatic heterocycles. The Balaban J connectivity index is 1.31. The molecular weight excluding hydrogens is 664 g/mol. The Morgan fingerprint density at radius 3 is 2.41 bits per heavy atom. The van der Waals surface area contributed by atoms with Gasteiger partial charge in [-0.2, -0.15) is 8.78 Å². The number of fused-ring (bicyclic) bond motifs is 1. The van der Waals surface area contributed by atoms with Crippen molar-refractivity contribution in [3.8, 4) is 10.4 Å². The molecule has 2 aromatic heterocycles. The number of alkyl halides is 2. The van der Waals surface area contributed by atoms with Crippen LogP contribution >= 0.6 is 30.3 Å². The fraction of sp³-hybridized carbons (Fsp3) is 0.333. The van der Waals surface area contributed by atoms with Crippen molar-refractivity contribution < 1.29 is 41.9 Å². The third-order valence-electron chi connectivity index (χ3n) is 7.54. The van der Waals surface area contributed by atoms with Gasteiger partial charge in [0.2, 0.25) is 11.8 Å². The van der Waals surface area contributed by atoms with Gasteiger partial charge in [0.15, 0.2) is 5.13 Å². The highest BCUT2D eigenvalue weighted by atomic mass is 32.1. The first-order chi connectivity index (χ1) is 21.5. The highest BCUT2D eigenvalue weighted by Gasteiger charge is 2.50. The molecule has 3 heterocycles. The van der Waals surface area contributed by atoms with Crippen molar-refractivity contribution in [2.24, 2.45) is 5.41 Å². The molecule has 0 saturated carbocycles. The number of thiophene rings is 1. The summed E-state index contributed by atoms with van der Waals surface area (Å²) in [6, 6.07) is 8.38. The predicted octanol–water partition coefficient (Wildman–Crippen LogP) is 6.17. The monoisotopic (exact) mass is 694 g/mol. The van der Waals surface area contributed by atoms with Gasteiger partial charge in [0.05, 0.1) is 9.75 Å². The molecule has 3 amide bonds. The minimum atomic E-state index is -5.78. The molecule has 0 spiro atoms. The highest BCUT2D eigenvalue weighted by Crippen LogP contribution is 2.59. The minimum absolute atomic E-state index is 0.102. The summed E-state index contributed by atoms with van der Waals surface area (Å²) in [5, 5.41) is 6.02. The average Bonchev–Trinajstić information content (AvgIpc) is 3.74. The van der Waals surface area contributed by atoms with Crippen molar-refractivity contribution in [2.75, 3.05) is 11.9 Å². The van der Waals surface area contributed by atoms with Crippen LogP contribution in [-0.4, -0.2) is 56.0 Å². The number of thiazole rings is 1. The number of hydrogen-bond donors (Lipinski definition) is 4. The van der Waals surface area contributed by atoms with Gasteiger partial charge in [0.25, 0.3) is 5.91 Å². The zero-order valence-electron chi connectivity index (χ0n) is 24.8. The summed E-state index contributed by atoms with van der Waals surface area (Å²) in [5.41, 5.74) is -5.34. The lowest BCUT2D eigenvalue weighted by molar-refractivity contribution is -0.140. The molecular formula is C30H30F3N4O6PS2. The van der Waals surface area contributed by atoms with Crippen LogP contribution in [0.2, 0.25) is 0 Å². The van der Waals surface area contributed by atoms with Crippen LogP contribution in [0.3, 0.4) is 0 Å². The second-order valence-corrected chi connectivity index (χ2v) is 15.7. The van der Waals surface area contributed by atoms with E-state index in [-0.39, 0.29) is 22.6 Å². The summed E-state index contributed by atoms with van der Waals surface area (Å²) in [5.74, 6) is -1.91. The van der Waals surface area contributed by atoms with E-state index in [4.69, 9.17) is 9.79 Å². The number of carbonyl (C=O) groups is 3. The average molecular weight is 695 g/mol. The third-order valence-corrected chi connectivity index (χ3v) is 10.6. The van der Waals surface area contributed by atoms with Crippen LogP contribution in [0.1, 0.15) is 48.8 Å². The maximum Gasteiger partial charge on any atom is 0.399 e. The topological polar surface area (TPSA) is 149 Å². The molecule has 10 nitrogen and oxygen atoms in total. The number of nitrogens with one attached hydrogen (secondary N) is 2. The summed E-state index contributed by atoms with van der Waals surface area (Å²) >= 11 is 2.18. The second-order valence-electron chi connectivity index (χ2n) is 11.9. The van der Waals surface area contributed by atoms with Crippen molar-refractivity contribution in [3.05, 3.63) is 71.0 Å². The minimum Gasteiger partial charge on any atom is -0.339 e. The van der Waals surface area contributed by atoms with E-state index in [1.165, 1.54) is 40.5 Å². The number of likely N-dealkylation sites (tertiary alicyclic amines) is 1. The van der Waals surface area contributed by atoms with Crippen LogP contribution in [0.4, 0.5) is 18.3 Å². The number of halogens is 3. The summed E-state index contributed by atoms with van der Waals surface area (Å²) in [6.45, 7) is 5.57. The molecule has 1 fully saturated rings. The molecule has 1 aliphatic rings. The molecule has 2 atom stereocenters. The second kappa shape index (κ2) is 12.5. The summed E-state index contributed by atoms with van der Waals surface area (Å²) < 4.78 is 53.6. The van der Waals surface area contributed by atoms with Crippen LogP contribution in [0.5, 0.6) is 0 Å². The molecule has 0 aliphatic carbocycles. The fourth-order valence-corrected chi connectivity index (χ4v) is 7.34. The molecule has 0 bridgehead atoms. The van der Waals surface area contributed by atoms with Gasteiger partial charge in [-0.05, 0) is 59.5 Å². The van der Waals surface area contributed by atoms with Gasteiger partial charge in [-0.25, -0.2) is 9.37 Å². The van der Waals surface area contributed by atoms with Gasteiger partial charge in [-0.15, -0.1) is 11.3 Å². The quantitative estimate of drug-likeness (QED) is 0.161. The SMILES string of the molecule is CC(C)(C)[C@H](NC(=O)c1cc2cc(C(F)(F)P(=O)(O)O)ccc2s1)C(=O)N1CCC[C@H]1C(=O)Nc1ncc(-c2ccc(F)cc2)s1. The van der Waals surface area contributed by atoms with E-state index < -0.39 is 54.0 Å². The lowest BCUT2D eigenvalue weighted by Crippen LogP contribution is -2.57. The van der Waals surface area contributed by atoms with E-state index in [2.05, 4.69) is 15.6 Å². The summed E-state index contributed by atoms with van der Waals surface area (Å²) in [7, 11) is -5.78. The van der Waals surface area contributed by atoms with Gasteiger partial charge >= 0.3 is 13.3 Å². The Labute approximate surface area is 269 Å². The largest absolute Gasteiger partial charge is 0.399 e. The van der Waals surface area contributed by atoms with E-state index >= 15 is 0 Å². The number of aromatic nitrogens is 1. The first-order valence-electron chi connectivity index (χ1n) is 14.1. The lowest BCUT2D eigenvalue weighted by Gasteiger charge is -2.35. The Morgan fingerprint density at radius 2 is 1.76 bits per heavy atom. The summed E-state index contributed by atoms with van der Waals surface area (Å²) in [4.78, 5) is 65.3. The van der Waals surface area contributed by atoms with Crippen molar-refractivity contribution in [1.82, 2.24) is 15.2 Å². The molecule has 0 unspecified atom stereocenters. The standard InChI is InChI=1S/C30H30F3N4O6PS2/c1-29(2,3)24(35-26(39)22-14-17-13-18(8-11-21(17)45-22)30(32,33)44(41,42)43)27(40)37-12-4-5-20(37)25(38)36-28-34-15-23(46-28)16-6-9-19(31)10-7-16/h6-11,13-15,20,24H,4-5,12H2,1-3H3,(H,35,39)(H,34,36,38)(H2,41,42,43)/t20-,24+/m0/s1. The van der Waals surface area contributed by atoms with E-state index in [9.17, 15) is 32.1 Å². The molecule has 0 radical (unpaired) electrons. The third kappa shape index (κ3) is 6.88. The molecule has 46 heavy (non-hydrogen) atoms. The van der Waals surface area contributed by atoms with Crippen molar-refractivity contribution in [3.63, 3.8) is 0 Å². The van der Waals surface area contributed by atoms with E-state index in [1.54, 1.807) is 39.1 Å². The van der Waals surface area contributed by atoms with Crippen LogP contribution in [-0.2, 0) is 19.8 Å². The van der Waals surface area contributed by atoms with E-state index in [0.717, 1.165) is 33.9 Å². The van der Waals surface area contributed by atoms with Crippen LogP contribution in [0, 0.1) is 11.2 Å². The van der Waals surface area contributed by atoms with E-state index in [0.29, 0.717) is 22.7 Å². The molecule has 16 heteroatoms. The smallest absolute Gasteiger partial charge is 0.339 e. The Bertz CT molecular complexity index is 1850. The number of rotatable bonds is 8. The number of benzene rings is 2. The Morgan fingerprint density at radius 1 is 1.07 bits per heavy atom. The van der Waals surface area contributed by atoms with Crippen LogP contribution in [0.25, 0.3) is 20.5 Å². The highest BCUT2D eigenvalue weighted by molar-refractivity contribution is 7.52. The van der Waals surface area contributed by atoms with Crippen molar-refractivity contribution >= 4 is 63.2 Å². The number of nitrogens with zero attached hydrogens (tertiary/aromatic N) is 2. The van der Waals surface area contributed by atoms with Crippen LogP contribution in [0.15, 0.2) is 54.7 Å². The molecule has 4 aromatic rings. The molecule has 244 valence electrons. The number of hydrogen-bond acceptors (Lipinski definition) is 7. The van der Waals surface area contributed by atoms with Gasteiger partial charge in [0, 0.05) is 23.0 Å². The maximum absolute atomic E-state index is 14.3. The lowest BCUT2D eigenvalue weighted by atomic mass is 9.85. The number of carbonyl (C=O) groups excluding carboxylic acids is 3. The zero-order chi connectivity index (χ0) is 33.6. The first-order valence-corrected chi connectivity index (χ1v) is 17.3. The van der Waals surface area contributed by atoms with Gasteiger partial charge in [-0.3, -0.25) is 18.9 Å². The first kappa shape index (κ1) is 33.7. The fourth-order valence-electron chi connectivity index (χ4n) is 5.10. The van der Waals surface area contributed by atoms with Crippen molar-refractivity contribution in [1.29, 1.82) is 0 Å². The van der Waals surface area contributed by atoms with Crippen molar-refractivity contribution in [2.45, 2.75) is 51.4 Å². The maximum atomic E-state index is 14.3.